The van der Waals surface area contributed by atoms with Crippen LogP contribution in [0.3, 0.4) is 0 Å². The molecule has 107 heavy (non-hydrogen) atoms. The molecule has 0 spiro atoms. The second-order valence-electron chi connectivity index (χ2n) is 32.6. The Morgan fingerprint density at radius 1 is 0.271 bits per heavy atom. The van der Waals surface area contributed by atoms with Crippen LogP contribution in [0, 0.1) is 17.8 Å². The van der Waals surface area contributed by atoms with Gasteiger partial charge in [0.2, 0.25) is 0 Å². The molecule has 0 aromatic rings. The SMILES string of the molecule is CCCCCCCCCCCCC(=O)OC[C@H](COP(=O)(O)OC[C@H](O)COP(=O)(O)OC[C@@H](COC(=O)CCCCCCCCCCCCCCCCC(C)CC)OC(=O)CCCCCCCCCCCCCCCCCCCCC(C)CC)OC(=O)CCCCCCCCCCCCCCCCC(C)C. The molecule has 0 saturated heterocycles. The molecule has 17 nitrogen and oxygen atoms in total. The number of unbranched alkanes of at least 4 members (excludes halogenated alkanes) is 52. The van der Waals surface area contributed by atoms with Crippen LogP contribution in [0.4, 0.5) is 0 Å². The molecule has 7 atom stereocenters. The Morgan fingerprint density at radius 3 is 0.710 bits per heavy atom. The van der Waals surface area contributed by atoms with Gasteiger partial charge in [-0.2, -0.15) is 0 Å². The van der Waals surface area contributed by atoms with E-state index in [4.69, 9.17) is 37.0 Å². The number of esters is 4. The van der Waals surface area contributed by atoms with Gasteiger partial charge in [-0.05, 0) is 43.4 Å². The molecule has 0 aliphatic carbocycles. The Morgan fingerprint density at radius 2 is 0.477 bits per heavy atom. The summed E-state index contributed by atoms with van der Waals surface area (Å²) in [4.78, 5) is 73.3. The summed E-state index contributed by atoms with van der Waals surface area (Å²) in [6, 6.07) is 0. The molecule has 0 radical (unpaired) electrons. The number of carbonyl (C=O) groups excluding carboxylic acids is 4. The molecule has 0 amide bonds. The monoisotopic (exact) mass is 1560 g/mol. The topological polar surface area (TPSA) is 237 Å². The largest absolute Gasteiger partial charge is 0.472 e. The van der Waals surface area contributed by atoms with Crippen molar-refractivity contribution in [3.05, 3.63) is 0 Å². The van der Waals surface area contributed by atoms with Crippen molar-refractivity contribution < 1.29 is 80.2 Å². The first kappa shape index (κ1) is 105. The van der Waals surface area contributed by atoms with Crippen molar-refractivity contribution >= 4 is 39.5 Å². The van der Waals surface area contributed by atoms with E-state index >= 15 is 0 Å². The summed E-state index contributed by atoms with van der Waals surface area (Å²) in [6.45, 7) is 12.1. The van der Waals surface area contributed by atoms with Crippen molar-refractivity contribution in [1.29, 1.82) is 0 Å². The van der Waals surface area contributed by atoms with E-state index in [0.29, 0.717) is 25.7 Å². The number of hydrogen-bond acceptors (Lipinski definition) is 15. The predicted octanol–water partition coefficient (Wildman–Crippen LogP) is 26.9. The highest BCUT2D eigenvalue weighted by Crippen LogP contribution is 2.45. The number of rotatable bonds is 86. The molecule has 0 aliphatic rings. The average Bonchev–Trinajstić information content (AvgIpc) is 0.900. The number of ether oxygens (including phenoxy) is 4. The van der Waals surface area contributed by atoms with Crippen molar-refractivity contribution in [3.63, 3.8) is 0 Å². The van der Waals surface area contributed by atoms with Crippen molar-refractivity contribution in [3.8, 4) is 0 Å². The summed E-state index contributed by atoms with van der Waals surface area (Å²) in [5, 5.41) is 10.7. The van der Waals surface area contributed by atoms with E-state index in [1.54, 1.807) is 0 Å². The highest BCUT2D eigenvalue weighted by atomic mass is 31.2. The maximum atomic E-state index is 13.2. The van der Waals surface area contributed by atoms with Crippen LogP contribution in [-0.2, 0) is 65.4 Å². The van der Waals surface area contributed by atoms with Gasteiger partial charge in [-0.15, -0.1) is 0 Å². The molecule has 0 saturated carbocycles. The molecule has 0 fully saturated rings. The Bertz CT molecular complexity index is 2060. The summed E-state index contributed by atoms with van der Waals surface area (Å²) < 4.78 is 68.9. The van der Waals surface area contributed by atoms with E-state index in [-0.39, 0.29) is 25.7 Å². The molecule has 4 unspecified atom stereocenters. The van der Waals surface area contributed by atoms with Crippen LogP contribution < -0.4 is 0 Å². The molecule has 19 heteroatoms. The van der Waals surface area contributed by atoms with Crippen molar-refractivity contribution in [2.24, 2.45) is 17.8 Å². The number of aliphatic hydroxyl groups is 1. The number of aliphatic hydroxyl groups excluding tert-OH is 1. The second-order valence-corrected chi connectivity index (χ2v) is 35.5. The Labute approximate surface area is 658 Å². The minimum absolute atomic E-state index is 0.108. The van der Waals surface area contributed by atoms with Crippen LogP contribution in [0.15, 0.2) is 0 Å². The second kappa shape index (κ2) is 78.0. The van der Waals surface area contributed by atoms with Gasteiger partial charge in [0.1, 0.15) is 19.3 Å². The van der Waals surface area contributed by atoms with Gasteiger partial charge in [0.15, 0.2) is 12.2 Å². The van der Waals surface area contributed by atoms with E-state index < -0.39 is 97.5 Å². The van der Waals surface area contributed by atoms with Crippen LogP contribution in [0.5, 0.6) is 0 Å². The maximum absolute atomic E-state index is 13.2. The average molecular weight is 1560 g/mol. The molecule has 636 valence electrons. The lowest BCUT2D eigenvalue weighted by Crippen LogP contribution is -2.30. The lowest BCUT2D eigenvalue weighted by molar-refractivity contribution is -0.161. The zero-order chi connectivity index (χ0) is 78.6. The Balaban J connectivity index is 5.23. The molecule has 0 bridgehead atoms. The van der Waals surface area contributed by atoms with Gasteiger partial charge in [0.25, 0.3) is 0 Å². The van der Waals surface area contributed by atoms with Crippen molar-refractivity contribution in [1.82, 2.24) is 0 Å². The molecular formula is C88H172O17P2. The number of hydrogen-bond donors (Lipinski definition) is 3. The fourth-order valence-electron chi connectivity index (χ4n) is 13.7. The predicted molar refractivity (Wildman–Crippen MR) is 441 cm³/mol. The Kier molecular flexibility index (Phi) is 76.6. The van der Waals surface area contributed by atoms with E-state index in [1.807, 2.05) is 0 Å². The summed E-state index contributed by atoms with van der Waals surface area (Å²) in [6.07, 6.45) is 69.3. The van der Waals surface area contributed by atoms with Gasteiger partial charge in [-0.25, -0.2) is 9.13 Å². The normalized spacial score (nSPS) is 14.3. The van der Waals surface area contributed by atoms with Crippen LogP contribution in [-0.4, -0.2) is 96.7 Å². The van der Waals surface area contributed by atoms with Gasteiger partial charge in [-0.3, -0.25) is 37.3 Å². The van der Waals surface area contributed by atoms with Crippen LogP contribution in [0.1, 0.15) is 466 Å². The minimum Gasteiger partial charge on any atom is -0.462 e. The van der Waals surface area contributed by atoms with E-state index in [9.17, 15) is 43.2 Å². The highest BCUT2D eigenvalue weighted by Gasteiger charge is 2.31. The fourth-order valence-corrected chi connectivity index (χ4v) is 15.2. The summed E-state index contributed by atoms with van der Waals surface area (Å²) in [5.41, 5.74) is 0. The number of phosphoric acid groups is 2. The smallest absolute Gasteiger partial charge is 0.462 e. The zero-order valence-corrected chi connectivity index (χ0v) is 72.4. The van der Waals surface area contributed by atoms with E-state index in [2.05, 4.69) is 48.5 Å². The Hall–Kier alpha value is -1.94. The van der Waals surface area contributed by atoms with Gasteiger partial charge in [0, 0.05) is 25.7 Å². The summed E-state index contributed by atoms with van der Waals surface area (Å²) in [5.74, 6) is 0.415. The highest BCUT2D eigenvalue weighted by molar-refractivity contribution is 7.47. The van der Waals surface area contributed by atoms with Crippen molar-refractivity contribution in [2.75, 3.05) is 39.6 Å². The van der Waals surface area contributed by atoms with Gasteiger partial charge < -0.3 is 33.8 Å². The quantitative estimate of drug-likeness (QED) is 0.0222. The molecule has 0 rings (SSSR count). The zero-order valence-electron chi connectivity index (χ0n) is 70.6. The lowest BCUT2D eigenvalue weighted by Gasteiger charge is -2.21. The third-order valence-electron chi connectivity index (χ3n) is 21.4. The fraction of sp³-hybridized carbons (Fsp3) is 0.955. The first-order valence-corrected chi connectivity index (χ1v) is 48.4. The third kappa shape index (κ3) is 79.1. The first-order valence-electron chi connectivity index (χ1n) is 45.4. The van der Waals surface area contributed by atoms with E-state index in [0.717, 1.165) is 108 Å². The molecular weight excluding hydrogens is 1390 g/mol. The summed E-state index contributed by atoms with van der Waals surface area (Å²) >= 11 is 0. The minimum atomic E-state index is -4.97. The first-order chi connectivity index (χ1) is 51.8. The van der Waals surface area contributed by atoms with Crippen LogP contribution in [0.2, 0.25) is 0 Å². The third-order valence-corrected chi connectivity index (χ3v) is 23.3. The van der Waals surface area contributed by atoms with Crippen LogP contribution in [0.25, 0.3) is 0 Å². The van der Waals surface area contributed by atoms with E-state index in [1.165, 1.54) is 276 Å². The van der Waals surface area contributed by atoms with Gasteiger partial charge >= 0.3 is 39.5 Å². The van der Waals surface area contributed by atoms with Crippen LogP contribution >= 0.6 is 15.6 Å². The van der Waals surface area contributed by atoms with Gasteiger partial charge in [0.05, 0.1) is 26.4 Å². The standard InChI is InChI=1S/C88H172O17P2/c1-8-11-12-13-14-15-41-48-55-62-69-85(90)98-75-83(104-88(93)72-65-58-51-44-37-31-24-22-26-32-38-45-52-59-66-79(4)5)77-102-106(94,95)100-73-82(89)74-101-107(96,97)103-78-84(76-99-86(91)70-63-56-49-42-35-29-25-23-28-34-40-47-54-61-68-81(7)10-3)105-87(92)71-64-57-50-43-36-30-21-19-17-16-18-20-27-33-39-46-53-60-67-80(6)9-2/h79-84,89H,8-78H2,1-7H3,(H,94,95)(H,96,97)/t80?,81?,82-,83+,84+/m0/s1. The maximum Gasteiger partial charge on any atom is 0.472 e. The molecule has 0 aliphatic heterocycles. The van der Waals surface area contributed by atoms with Gasteiger partial charge in [-0.1, -0.05) is 414 Å². The molecule has 3 N–H and O–H groups in total. The number of phosphoric ester groups is 2. The molecule has 0 aromatic heterocycles. The number of carbonyl (C=O) groups is 4. The summed E-state index contributed by atoms with van der Waals surface area (Å²) in [7, 11) is -9.93. The van der Waals surface area contributed by atoms with Crippen molar-refractivity contribution in [2.45, 2.75) is 484 Å². The lowest BCUT2D eigenvalue weighted by atomic mass is 9.99. The molecule has 0 aromatic carbocycles. The molecule has 0 heterocycles.